The largest absolute Gasteiger partial charge is 0.416 e. The summed E-state index contributed by atoms with van der Waals surface area (Å²) in [7, 11) is -3.00. The summed E-state index contributed by atoms with van der Waals surface area (Å²) in [6.07, 6.45) is -3.29. The lowest BCUT2D eigenvalue weighted by atomic mass is 10.1. The van der Waals surface area contributed by atoms with E-state index in [0.29, 0.717) is 24.6 Å². The van der Waals surface area contributed by atoms with Gasteiger partial charge >= 0.3 is 6.18 Å². The number of nitrogens with zero attached hydrogens (tertiary/aromatic N) is 2. The highest BCUT2D eigenvalue weighted by molar-refractivity contribution is 7.84. The predicted molar refractivity (Wildman–Crippen MR) is 164 cm³/mol. The van der Waals surface area contributed by atoms with Crippen molar-refractivity contribution in [3.05, 3.63) is 29.6 Å². The Morgan fingerprint density at radius 3 is 2.36 bits per heavy atom. The van der Waals surface area contributed by atoms with Crippen molar-refractivity contribution in [1.29, 1.82) is 0 Å². The molecule has 1 aliphatic rings. The minimum atomic E-state index is -4.61. The molecular weight excluding hydrogens is 585 g/mol. The fourth-order valence-corrected chi connectivity index (χ4v) is 5.76. The van der Waals surface area contributed by atoms with Crippen LogP contribution in [-0.2, 0) is 31.9 Å². The van der Waals surface area contributed by atoms with Gasteiger partial charge in [0.1, 0.15) is 18.6 Å². The molecule has 0 aliphatic heterocycles. The second-order valence-electron chi connectivity index (χ2n) is 13.9. The molecule has 0 radical (unpaired) electrons. The molecule has 0 spiro atoms. The van der Waals surface area contributed by atoms with Gasteiger partial charge in [0.15, 0.2) is 5.60 Å². The van der Waals surface area contributed by atoms with Gasteiger partial charge in [0.05, 0.1) is 51.6 Å². The van der Waals surface area contributed by atoms with Gasteiger partial charge in [-0.25, -0.2) is 13.9 Å². The normalized spacial score (nSPS) is 18.3. The van der Waals surface area contributed by atoms with Crippen molar-refractivity contribution >= 4 is 30.1 Å². The molecule has 13 heteroatoms. The van der Waals surface area contributed by atoms with E-state index < -0.39 is 47.7 Å². The third-order valence-electron chi connectivity index (χ3n) is 7.18. The maximum atomic E-state index is 13.8. The number of rotatable bonds is 15. The van der Waals surface area contributed by atoms with E-state index in [2.05, 4.69) is 24.4 Å². The summed E-state index contributed by atoms with van der Waals surface area (Å²) >= 11 is 0. The molecule has 8 nitrogen and oxygen atoms in total. The number of halogens is 3. The number of hydrogen-bond donors (Lipinski definition) is 2. The van der Waals surface area contributed by atoms with Crippen molar-refractivity contribution in [3.8, 4) is 0 Å². The topological polar surface area (TPSA) is 101 Å². The molecule has 42 heavy (non-hydrogen) atoms. The quantitative estimate of drug-likeness (QED) is 0.175. The Morgan fingerprint density at radius 2 is 1.81 bits per heavy atom. The zero-order valence-corrected chi connectivity index (χ0v) is 28.2. The smallest absolute Gasteiger partial charge is 0.376 e. The molecule has 0 bridgehead atoms. The van der Waals surface area contributed by atoms with Gasteiger partial charge in [-0.05, 0) is 78.1 Å². The van der Waals surface area contributed by atoms with Crippen molar-refractivity contribution in [2.24, 2.45) is 5.73 Å². The summed E-state index contributed by atoms with van der Waals surface area (Å²) in [5, 5.41) is 0. The maximum absolute atomic E-state index is 13.8. The summed E-state index contributed by atoms with van der Waals surface area (Å²) < 4.78 is 76.5. The minimum Gasteiger partial charge on any atom is -0.376 e. The minimum absolute atomic E-state index is 0.127. The van der Waals surface area contributed by atoms with Crippen LogP contribution in [0, 0.1) is 0 Å². The van der Waals surface area contributed by atoms with E-state index in [1.54, 1.807) is 20.8 Å². The van der Waals surface area contributed by atoms with Crippen LogP contribution in [0.5, 0.6) is 0 Å². The summed E-state index contributed by atoms with van der Waals surface area (Å²) in [6.45, 7) is 16.7. The Hall–Kier alpha value is -1.35. The molecule has 3 rings (SSSR count). The number of aromatic nitrogens is 2. The number of alkyl halides is 3. The van der Waals surface area contributed by atoms with Crippen LogP contribution < -0.4 is 10.5 Å². The number of ether oxygens (including phenoxy) is 3. The van der Waals surface area contributed by atoms with Crippen molar-refractivity contribution in [1.82, 2.24) is 14.3 Å². The van der Waals surface area contributed by atoms with Gasteiger partial charge in [-0.15, -0.1) is 0 Å². The van der Waals surface area contributed by atoms with Crippen molar-refractivity contribution in [2.75, 3.05) is 13.2 Å². The Labute approximate surface area is 251 Å². The van der Waals surface area contributed by atoms with E-state index in [1.807, 2.05) is 22.8 Å². The summed E-state index contributed by atoms with van der Waals surface area (Å²) in [5.74, 6) is 0.376. The molecule has 0 amide bonds. The van der Waals surface area contributed by atoms with Crippen molar-refractivity contribution < 1.29 is 31.6 Å². The van der Waals surface area contributed by atoms with E-state index >= 15 is 0 Å². The highest BCUT2D eigenvalue weighted by Crippen LogP contribution is 2.37. The van der Waals surface area contributed by atoms with E-state index in [9.17, 15) is 17.4 Å². The molecule has 240 valence electrons. The second kappa shape index (κ2) is 13.3. The number of hydrogen-bond acceptors (Lipinski definition) is 6. The van der Waals surface area contributed by atoms with Gasteiger partial charge in [0.25, 0.3) is 0 Å². The Bertz CT molecular complexity index is 1220. The molecule has 3 N–H and O–H groups in total. The number of nitrogens with two attached hydrogens (primary N) is 1. The molecule has 4 atom stereocenters. The SMILES string of the molecule is C[C@@H](OC(C)(C)C(F)(F)F)[C@H](NS(=O)C(C)(C)C)c1nc2cc([C@H](N)COC3CC3)ccc2n1COCC[Si](C)(C)C. The first-order valence-corrected chi connectivity index (χ1v) is 19.4. The highest BCUT2D eigenvalue weighted by atomic mass is 32.2. The van der Waals surface area contributed by atoms with Gasteiger partial charge in [0, 0.05) is 14.7 Å². The molecule has 2 aromatic rings. The number of nitrogens with one attached hydrogen (secondary N) is 1. The Kier molecular flexibility index (Phi) is 11.2. The zero-order chi connectivity index (χ0) is 31.7. The van der Waals surface area contributed by atoms with Crippen LogP contribution in [0.3, 0.4) is 0 Å². The Morgan fingerprint density at radius 1 is 1.17 bits per heavy atom. The average Bonchev–Trinajstić information content (AvgIpc) is 3.61. The third kappa shape index (κ3) is 9.57. The molecule has 1 unspecified atom stereocenters. The fraction of sp³-hybridized carbons (Fsp3) is 0.759. The lowest BCUT2D eigenvalue weighted by Crippen LogP contribution is -2.48. The Balaban J connectivity index is 2.05. The number of benzene rings is 1. The summed E-state index contributed by atoms with van der Waals surface area (Å²) in [6, 6.07) is 5.33. The second-order valence-corrected chi connectivity index (χ2v) is 21.6. The lowest BCUT2D eigenvalue weighted by molar-refractivity contribution is -0.277. The van der Waals surface area contributed by atoms with E-state index in [-0.39, 0.29) is 18.9 Å². The van der Waals surface area contributed by atoms with Gasteiger partial charge in [0.2, 0.25) is 0 Å². The fourth-order valence-electron chi connectivity index (χ4n) is 4.12. The molecule has 1 heterocycles. The van der Waals surface area contributed by atoms with Gasteiger partial charge in [-0.2, -0.15) is 13.2 Å². The molecule has 1 aromatic carbocycles. The van der Waals surface area contributed by atoms with Crippen LogP contribution in [0.1, 0.15) is 77.9 Å². The first-order chi connectivity index (χ1) is 19.2. The first-order valence-electron chi connectivity index (χ1n) is 14.6. The average molecular weight is 635 g/mol. The number of imidazole rings is 1. The number of fused-ring (bicyclic) bond motifs is 1. The van der Waals surface area contributed by atoms with Crippen LogP contribution >= 0.6 is 0 Å². The predicted octanol–water partition coefficient (Wildman–Crippen LogP) is 6.37. The van der Waals surface area contributed by atoms with Gasteiger partial charge in [-0.1, -0.05) is 25.7 Å². The summed E-state index contributed by atoms with van der Waals surface area (Å²) in [4.78, 5) is 4.88. The third-order valence-corrected chi connectivity index (χ3v) is 10.5. The molecule has 0 saturated heterocycles. The molecule has 1 aromatic heterocycles. The van der Waals surface area contributed by atoms with Crippen LogP contribution in [0.15, 0.2) is 18.2 Å². The van der Waals surface area contributed by atoms with Gasteiger partial charge in [-0.3, -0.25) is 0 Å². The molecule has 1 fully saturated rings. The van der Waals surface area contributed by atoms with Crippen LogP contribution in [0.2, 0.25) is 25.7 Å². The zero-order valence-electron chi connectivity index (χ0n) is 26.4. The monoisotopic (exact) mass is 634 g/mol. The standard InChI is InChI=1S/C29H49F3N4O4SSi/c1-19(40-28(5,6)29(30,31)32)25(35-41(37)27(2,3)4)26-34-23-16-20(22(33)17-39-21-11-12-21)10-13-24(23)36(26)18-38-14-15-42(7,8)9/h10,13,16,19,21-22,25,35H,11-12,14-15,17-18,33H2,1-9H3/t19-,22-,25+,41?/m1/s1. The summed E-state index contributed by atoms with van der Waals surface area (Å²) in [5.41, 5.74) is 6.15. The molecular formula is C29H49F3N4O4SSi. The lowest BCUT2D eigenvalue weighted by Gasteiger charge is -2.35. The molecule has 1 saturated carbocycles. The molecule has 1 aliphatic carbocycles. The van der Waals surface area contributed by atoms with E-state index in [4.69, 9.17) is 24.9 Å². The van der Waals surface area contributed by atoms with Crippen molar-refractivity contribution in [2.45, 2.75) is 128 Å². The van der Waals surface area contributed by atoms with Crippen LogP contribution in [0.4, 0.5) is 13.2 Å². The van der Waals surface area contributed by atoms with E-state index in [1.165, 1.54) is 6.92 Å². The maximum Gasteiger partial charge on any atom is 0.416 e. The van der Waals surface area contributed by atoms with E-state index in [0.717, 1.165) is 43.8 Å². The van der Waals surface area contributed by atoms with Crippen molar-refractivity contribution in [3.63, 3.8) is 0 Å². The van der Waals surface area contributed by atoms with Crippen LogP contribution in [-0.4, -0.2) is 63.8 Å². The van der Waals surface area contributed by atoms with Gasteiger partial charge < -0.3 is 24.5 Å². The highest BCUT2D eigenvalue weighted by Gasteiger charge is 2.50. The first kappa shape index (κ1) is 35.1. The van der Waals surface area contributed by atoms with Crippen LogP contribution in [0.25, 0.3) is 11.0 Å².